The minimum absolute atomic E-state index is 0.210. The van der Waals surface area contributed by atoms with E-state index in [9.17, 15) is 5.11 Å². The molecular weight excluding hydrogens is 278 g/mol. The summed E-state index contributed by atoms with van der Waals surface area (Å²) in [6.45, 7) is 4.46. The lowest BCUT2D eigenvalue weighted by molar-refractivity contribution is 0.153. The predicted molar refractivity (Wildman–Crippen MR) is 79.7 cm³/mol. The standard InChI is InChI=1S/C15H22ClNO3/c1-3-20-15-13(16)7-11(8-14(15)19-2)9-17-6-4-5-12(17)10-18/h7-8,12,18H,3-6,9-10H2,1-2H3. The van der Waals surface area contributed by atoms with Gasteiger partial charge >= 0.3 is 0 Å². The summed E-state index contributed by atoms with van der Waals surface area (Å²) in [4.78, 5) is 2.28. The molecule has 1 aliphatic heterocycles. The van der Waals surface area contributed by atoms with Crippen LogP contribution in [-0.4, -0.2) is 42.9 Å². The fourth-order valence-corrected chi connectivity index (χ4v) is 2.98. The molecule has 1 N–H and O–H groups in total. The highest BCUT2D eigenvalue weighted by molar-refractivity contribution is 6.32. The quantitative estimate of drug-likeness (QED) is 0.877. The first-order valence-corrected chi connectivity index (χ1v) is 7.41. The third-order valence-corrected chi connectivity index (χ3v) is 3.95. The fourth-order valence-electron chi connectivity index (χ4n) is 2.69. The van der Waals surface area contributed by atoms with E-state index < -0.39 is 0 Å². The molecule has 1 atom stereocenters. The molecule has 5 heteroatoms. The number of methoxy groups -OCH3 is 1. The largest absolute Gasteiger partial charge is 0.493 e. The highest BCUT2D eigenvalue weighted by Crippen LogP contribution is 2.37. The summed E-state index contributed by atoms with van der Waals surface area (Å²) in [6.07, 6.45) is 2.19. The Hall–Kier alpha value is -0.970. The molecule has 0 spiro atoms. The van der Waals surface area contributed by atoms with Crippen molar-refractivity contribution in [1.82, 2.24) is 4.90 Å². The number of aliphatic hydroxyl groups excluding tert-OH is 1. The number of hydrogen-bond acceptors (Lipinski definition) is 4. The molecule has 4 nitrogen and oxygen atoms in total. The van der Waals surface area contributed by atoms with E-state index in [4.69, 9.17) is 21.1 Å². The Morgan fingerprint density at radius 1 is 1.45 bits per heavy atom. The van der Waals surface area contributed by atoms with Gasteiger partial charge in [0, 0.05) is 12.6 Å². The van der Waals surface area contributed by atoms with Crippen molar-refractivity contribution in [3.05, 3.63) is 22.7 Å². The maximum absolute atomic E-state index is 9.37. The second kappa shape index (κ2) is 7.16. The van der Waals surface area contributed by atoms with Crippen molar-refractivity contribution in [1.29, 1.82) is 0 Å². The highest BCUT2D eigenvalue weighted by atomic mass is 35.5. The lowest BCUT2D eigenvalue weighted by Crippen LogP contribution is -2.31. The molecule has 0 saturated carbocycles. The van der Waals surface area contributed by atoms with Gasteiger partial charge in [0.2, 0.25) is 0 Å². The first-order chi connectivity index (χ1) is 9.69. The number of rotatable bonds is 6. The van der Waals surface area contributed by atoms with Crippen LogP contribution < -0.4 is 9.47 Å². The molecule has 0 radical (unpaired) electrons. The molecule has 0 aliphatic carbocycles. The number of aliphatic hydroxyl groups is 1. The molecule has 1 unspecified atom stereocenters. The summed E-state index contributed by atoms with van der Waals surface area (Å²) < 4.78 is 10.9. The number of halogens is 1. The maximum atomic E-state index is 9.37. The molecule has 0 aromatic heterocycles. The third-order valence-electron chi connectivity index (χ3n) is 3.67. The Morgan fingerprint density at radius 2 is 2.25 bits per heavy atom. The zero-order valence-electron chi connectivity index (χ0n) is 12.1. The van der Waals surface area contributed by atoms with Crippen molar-refractivity contribution in [2.75, 3.05) is 26.9 Å². The molecule has 2 rings (SSSR count). The molecule has 112 valence electrons. The zero-order valence-corrected chi connectivity index (χ0v) is 12.8. The Bertz CT molecular complexity index is 453. The van der Waals surface area contributed by atoms with Gasteiger partial charge in [0.15, 0.2) is 11.5 Å². The SMILES string of the molecule is CCOc1c(Cl)cc(CN2CCCC2CO)cc1OC. The van der Waals surface area contributed by atoms with Crippen LogP contribution in [0.4, 0.5) is 0 Å². The van der Waals surface area contributed by atoms with Gasteiger partial charge in [0.05, 0.1) is 25.3 Å². The van der Waals surface area contributed by atoms with Crippen molar-refractivity contribution >= 4 is 11.6 Å². The number of nitrogens with zero attached hydrogens (tertiary/aromatic N) is 1. The summed E-state index contributed by atoms with van der Waals surface area (Å²) in [7, 11) is 1.62. The Kier molecular flexibility index (Phi) is 5.52. The molecule has 1 aromatic rings. The minimum atomic E-state index is 0.210. The van der Waals surface area contributed by atoms with Gasteiger partial charge in [0.1, 0.15) is 0 Å². The average Bonchev–Trinajstić information content (AvgIpc) is 2.88. The van der Waals surface area contributed by atoms with E-state index >= 15 is 0 Å². The van der Waals surface area contributed by atoms with Gasteiger partial charge < -0.3 is 14.6 Å². The van der Waals surface area contributed by atoms with E-state index in [-0.39, 0.29) is 12.6 Å². The van der Waals surface area contributed by atoms with E-state index in [2.05, 4.69) is 4.90 Å². The normalized spacial score (nSPS) is 19.3. The van der Waals surface area contributed by atoms with Gasteiger partial charge in [-0.2, -0.15) is 0 Å². The molecule has 20 heavy (non-hydrogen) atoms. The highest BCUT2D eigenvalue weighted by Gasteiger charge is 2.24. The summed E-state index contributed by atoms with van der Waals surface area (Å²) >= 11 is 6.27. The van der Waals surface area contributed by atoms with E-state index in [1.165, 1.54) is 0 Å². The first-order valence-electron chi connectivity index (χ1n) is 7.03. The fraction of sp³-hybridized carbons (Fsp3) is 0.600. The average molecular weight is 300 g/mol. The number of hydrogen-bond donors (Lipinski definition) is 1. The van der Waals surface area contributed by atoms with Crippen LogP contribution >= 0.6 is 11.6 Å². The molecule has 1 heterocycles. The lowest BCUT2D eigenvalue weighted by Gasteiger charge is -2.23. The Balaban J connectivity index is 2.18. The van der Waals surface area contributed by atoms with Gasteiger partial charge in [0.25, 0.3) is 0 Å². The van der Waals surface area contributed by atoms with Gasteiger partial charge in [-0.3, -0.25) is 4.90 Å². The predicted octanol–water partition coefficient (Wildman–Crippen LogP) is 2.70. The summed E-state index contributed by atoms with van der Waals surface area (Å²) in [5, 5.41) is 9.94. The van der Waals surface area contributed by atoms with Crippen LogP contribution in [-0.2, 0) is 6.54 Å². The van der Waals surface area contributed by atoms with Gasteiger partial charge in [-0.15, -0.1) is 0 Å². The number of ether oxygens (including phenoxy) is 2. The van der Waals surface area contributed by atoms with Gasteiger partial charge in [-0.1, -0.05) is 11.6 Å². The maximum Gasteiger partial charge on any atom is 0.179 e. The molecule has 1 aromatic carbocycles. The second-order valence-corrected chi connectivity index (χ2v) is 5.40. The van der Waals surface area contributed by atoms with Crippen LogP contribution in [0.5, 0.6) is 11.5 Å². The molecule has 0 bridgehead atoms. The smallest absolute Gasteiger partial charge is 0.179 e. The lowest BCUT2D eigenvalue weighted by atomic mass is 10.1. The van der Waals surface area contributed by atoms with Crippen LogP contribution in [0.3, 0.4) is 0 Å². The van der Waals surface area contributed by atoms with Crippen LogP contribution in [0.2, 0.25) is 5.02 Å². The molecule has 1 saturated heterocycles. The Labute approximate surface area is 125 Å². The van der Waals surface area contributed by atoms with Crippen molar-refractivity contribution in [3.63, 3.8) is 0 Å². The van der Waals surface area contributed by atoms with Crippen LogP contribution in [0.25, 0.3) is 0 Å². The topological polar surface area (TPSA) is 41.9 Å². The van der Waals surface area contributed by atoms with Crippen molar-refractivity contribution in [3.8, 4) is 11.5 Å². The van der Waals surface area contributed by atoms with E-state index in [1.807, 2.05) is 19.1 Å². The zero-order chi connectivity index (χ0) is 14.5. The molecule has 0 amide bonds. The van der Waals surface area contributed by atoms with Crippen LogP contribution in [0, 0.1) is 0 Å². The van der Waals surface area contributed by atoms with Gasteiger partial charge in [-0.05, 0) is 44.0 Å². The van der Waals surface area contributed by atoms with Crippen molar-refractivity contribution in [2.45, 2.75) is 32.4 Å². The summed E-state index contributed by atoms with van der Waals surface area (Å²) in [5.41, 5.74) is 1.08. The number of likely N-dealkylation sites (tertiary alicyclic amines) is 1. The summed E-state index contributed by atoms with van der Waals surface area (Å²) in [6, 6.07) is 4.14. The monoisotopic (exact) mass is 299 g/mol. The van der Waals surface area contributed by atoms with E-state index in [1.54, 1.807) is 7.11 Å². The molecular formula is C15H22ClNO3. The van der Waals surface area contributed by atoms with Crippen molar-refractivity contribution in [2.24, 2.45) is 0 Å². The first kappa shape index (κ1) is 15.4. The van der Waals surface area contributed by atoms with Crippen LogP contribution in [0.15, 0.2) is 12.1 Å². The van der Waals surface area contributed by atoms with E-state index in [0.29, 0.717) is 23.1 Å². The minimum Gasteiger partial charge on any atom is -0.493 e. The third kappa shape index (κ3) is 3.37. The second-order valence-electron chi connectivity index (χ2n) is 4.99. The number of benzene rings is 1. The van der Waals surface area contributed by atoms with Crippen LogP contribution in [0.1, 0.15) is 25.3 Å². The summed E-state index contributed by atoms with van der Waals surface area (Å²) in [5.74, 6) is 1.26. The molecule has 1 aliphatic rings. The van der Waals surface area contributed by atoms with Crippen molar-refractivity contribution < 1.29 is 14.6 Å². The Morgan fingerprint density at radius 3 is 2.90 bits per heavy atom. The van der Waals surface area contributed by atoms with E-state index in [0.717, 1.165) is 31.5 Å². The molecule has 1 fully saturated rings. The van der Waals surface area contributed by atoms with Gasteiger partial charge in [-0.25, -0.2) is 0 Å².